The molecule has 324 valence electrons. The molecule has 2 fully saturated rings. The van der Waals surface area contributed by atoms with E-state index in [-0.39, 0.29) is 6.41 Å². The second-order valence-electron chi connectivity index (χ2n) is 11.8. The van der Waals surface area contributed by atoms with E-state index in [0.29, 0.717) is 11.6 Å². The van der Waals surface area contributed by atoms with Crippen molar-refractivity contribution in [1.29, 1.82) is 0 Å². The van der Waals surface area contributed by atoms with Gasteiger partial charge in [0.05, 0.1) is 6.04 Å². The van der Waals surface area contributed by atoms with Crippen LogP contribution in [0.4, 0.5) is 0 Å². The number of nitrogens with two attached hydrogens (primary N) is 1. The summed E-state index contributed by atoms with van der Waals surface area (Å²) >= 11 is 1.78. The molecule has 1 saturated heterocycles. The summed E-state index contributed by atoms with van der Waals surface area (Å²) in [4.78, 5) is 20.0. The molecule has 2 atom stereocenters. The molecule has 3 rings (SSSR count). The van der Waals surface area contributed by atoms with Gasteiger partial charge in [-0.05, 0) is 128 Å². The van der Waals surface area contributed by atoms with Crippen LogP contribution in [-0.4, -0.2) is 48.7 Å². The molecule has 1 heterocycles. The quantitative estimate of drug-likeness (QED) is 0.172. The average molecular weight is 790 g/mol. The molecule has 3 N–H and O–H groups in total. The van der Waals surface area contributed by atoms with Gasteiger partial charge in [0.1, 0.15) is 6.29 Å². The van der Waals surface area contributed by atoms with E-state index in [2.05, 4.69) is 120 Å². The van der Waals surface area contributed by atoms with Crippen LogP contribution in [-0.2, 0) is 9.59 Å². The number of nitrogens with zero attached hydrogens (tertiary/aromatic N) is 1. The Kier molecular flexibility index (Phi) is 67.6. The standard InChI is InChI=1S/C25H38N2.C6H12.C4H8S.C3H6.C2H4O.4C2H6.CH3NO/c1-5-24(26-6-2)22-14-10-20(11-15-22)8-9-21-12-16-23(17-13-21)25(3)18-7-19-27(25)4;1-4-6(3)5-2;1-3-4-5-2;1-3-2;1-2-3;4*1-2;2-1-3/h6,8-11,14-15,21,23-24,26H,2,5,7,12-13,16-19H2,1,3-4H3;3-5H2,1-2H3;3H,1,4H2,2H3;3H,1H2,2H3;2H,1H3;4*1-2H3;1H,(H2,2,3)/b9-8+;;;;;;;;;. The summed E-state index contributed by atoms with van der Waals surface area (Å²) in [5.41, 5.74) is 8.62. The van der Waals surface area contributed by atoms with E-state index in [9.17, 15) is 0 Å². The molecule has 2 aliphatic rings. The predicted octanol–water partition coefficient (Wildman–Crippen LogP) is 14.7. The molecular formula is C49H95N3O2S. The lowest BCUT2D eigenvalue weighted by Gasteiger charge is -2.43. The highest BCUT2D eigenvalue weighted by Crippen LogP contribution is 2.43. The number of aldehydes is 1. The van der Waals surface area contributed by atoms with Crippen LogP contribution in [0, 0.1) is 11.8 Å². The number of nitrogens with one attached hydrogen (secondary N) is 1. The molecule has 1 aromatic rings. The molecule has 0 spiro atoms. The molecule has 1 amide bonds. The van der Waals surface area contributed by atoms with Crippen LogP contribution in [0.2, 0.25) is 0 Å². The first-order valence-electron chi connectivity index (χ1n) is 21.3. The van der Waals surface area contributed by atoms with Gasteiger partial charge >= 0.3 is 0 Å². The van der Waals surface area contributed by atoms with Crippen molar-refractivity contribution >= 4 is 30.5 Å². The second kappa shape index (κ2) is 55.5. The molecule has 0 bridgehead atoms. The summed E-state index contributed by atoms with van der Waals surface area (Å²) in [7, 11) is 2.33. The van der Waals surface area contributed by atoms with Crippen LogP contribution in [0.15, 0.2) is 80.6 Å². The summed E-state index contributed by atoms with van der Waals surface area (Å²) in [5, 5.41) is 3.33. The van der Waals surface area contributed by atoms with Crippen molar-refractivity contribution in [3.05, 3.63) is 91.7 Å². The number of hydrogen-bond donors (Lipinski definition) is 2. The van der Waals surface area contributed by atoms with Crippen molar-refractivity contribution in [2.45, 2.75) is 166 Å². The van der Waals surface area contributed by atoms with Crippen molar-refractivity contribution in [3.8, 4) is 0 Å². The molecule has 0 radical (unpaired) electrons. The first kappa shape index (κ1) is 67.0. The zero-order valence-corrected chi connectivity index (χ0v) is 40.3. The van der Waals surface area contributed by atoms with E-state index in [1.807, 2.05) is 68.4 Å². The maximum Gasteiger partial charge on any atom is 0.204 e. The van der Waals surface area contributed by atoms with E-state index < -0.39 is 0 Å². The molecular weight excluding hydrogens is 695 g/mol. The highest BCUT2D eigenvalue weighted by Gasteiger charge is 2.41. The third kappa shape index (κ3) is 39.2. The zero-order chi connectivity index (χ0) is 44.5. The van der Waals surface area contributed by atoms with Gasteiger partial charge in [0.25, 0.3) is 0 Å². The Bertz CT molecular complexity index is 949. The summed E-state index contributed by atoms with van der Waals surface area (Å²) < 4.78 is 0. The number of thioether (sulfide) groups is 1. The Morgan fingerprint density at radius 3 is 1.64 bits per heavy atom. The van der Waals surface area contributed by atoms with Crippen LogP contribution < -0.4 is 11.1 Å². The highest BCUT2D eigenvalue weighted by molar-refractivity contribution is 7.98. The minimum Gasteiger partial charge on any atom is -0.385 e. The molecule has 2 unspecified atom stereocenters. The van der Waals surface area contributed by atoms with Crippen molar-refractivity contribution in [2.75, 3.05) is 25.6 Å². The summed E-state index contributed by atoms with van der Waals surface area (Å²) in [6.45, 7) is 44.1. The molecule has 1 saturated carbocycles. The third-order valence-electron chi connectivity index (χ3n) is 8.61. The van der Waals surface area contributed by atoms with Crippen LogP contribution in [0.5, 0.6) is 0 Å². The number of primary amides is 1. The SMILES string of the molecule is C=C(CC)CC.C=CC.C=CCSC.C=CNC(CC)c1ccc(/C=C/C2CCC(C3(C)CCCN3C)CC2)cc1.CC.CC.CC.CC.CC=O.NC=O. The number of benzene rings is 1. The Hall–Kier alpha value is -2.83. The van der Waals surface area contributed by atoms with Gasteiger partial charge in [0.2, 0.25) is 6.41 Å². The Labute approximate surface area is 350 Å². The topological polar surface area (TPSA) is 75.4 Å². The third-order valence-corrected chi connectivity index (χ3v) is 9.18. The monoisotopic (exact) mass is 790 g/mol. The van der Waals surface area contributed by atoms with Crippen LogP contribution in [0.1, 0.15) is 172 Å². The van der Waals surface area contributed by atoms with Crippen molar-refractivity contribution in [2.24, 2.45) is 17.6 Å². The van der Waals surface area contributed by atoms with E-state index >= 15 is 0 Å². The number of allylic oxidation sites excluding steroid dienone is 3. The minimum absolute atomic E-state index is 0.250. The fourth-order valence-electron chi connectivity index (χ4n) is 5.62. The van der Waals surface area contributed by atoms with Crippen LogP contribution in [0.25, 0.3) is 6.08 Å². The van der Waals surface area contributed by atoms with E-state index in [1.54, 1.807) is 24.0 Å². The van der Waals surface area contributed by atoms with Crippen LogP contribution in [0.3, 0.4) is 0 Å². The summed E-state index contributed by atoms with van der Waals surface area (Å²) in [6.07, 6.45) is 24.9. The average Bonchev–Trinajstić information content (AvgIpc) is 3.58. The van der Waals surface area contributed by atoms with Gasteiger partial charge in [-0.2, -0.15) is 11.8 Å². The smallest absolute Gasteiger partial charge is 0.204 e. The van der Waals surface area contributed by atoms with Crippen molar-refractivity contribution in [3.63, 3.8) is 0 Å². The van der Waals surface area contributed by atoms with Gasteiger partial charge < -0.3 is 20.7 Å². The van der Waals surface area contributed by atoms with E-state index in [4.69, 9.17) is 9.59 Å². The normalized spacial score (nSPS) is 17.7. The lowest BCUT2D eigenvalue weighted by atomic mass is 9.71. The fourth-order valence-corrected chi connectivity index (χ4v) is 5.85. The lowest BCUT2D eigenvalue weighted by molar-refractivity contribution is -0.107. The van der Waals surface area contributed by atoms with Crippen molar-refractivity contribution < 1.29 is 9.59 Å². The Balaban J connectivity index is -0.000000135. The molecule has 55 heavy (non-hydrogen) atoms. The van der Waals surface area contributed by atoms with E-state index in [0.717, 1.165) is 43.1 Å². The molecule has 1 aliphatic heterocycles. The molecule has 5 nitrogen and oxygen atoms in total. The molecule has 1 aromatic carbocycles. The van der Waals surface area contributed by atoms with Gasteiger partial charge in [0.15, 0.2) is 0 Å². The van der Waals surface area contributed by atoms with Crippen molar-refractivity contribution in [1.82, 2.24) is 10.2 Å². The van der Waals surface area contributed by atoms with Gasteiger partial charge in [-0.25, -0.2) is 0 Å². The van der Waals surface area contributed by atoms with Gasteiger partial charge in [-0.3, -0.25) is 4.79 Å². The first-order valence-corrected chi connectivity index (χ1v) is 22.7. The Morgan fingerprint density at radius 2 is 1.36 bits per heavy atom. The largest absolute Gasteiger partial charge is 0.385 e. The number of carbonyl (C=O) groups excluding carboxylic acids is 2. The van der Waals surface area contributed by atoms with Gasteiger partial charge in [0, 0.05) is 11.3 Å². The molecule has 1 aliphatic carbocycles. The summed E-state index contributed by atoms with van der Waals surface area (Å²) in [6, 6.07) is 9.36. The molecule has 6 heteroatoms. The highest BCUT2D eigenvalue weighted by atomic mass is 32.2. The lowest BCUT2D eigenvalue weighted by Crippen LogP contribution is -2.46. The minimum atomic E-state index is 0.250. The van der Waals surface area contributed by atoms with Crippen LogP contribution >= 0.6 is 11.8 Å². The number of amides is 1. The number of rotatable bonds is 11. The second-order valence-corrected chi connectivity index (χ2v) is 12.7. The maximum absolute atomic E-state index is 8.81. The van der Waals surface area contributed by atoms with Gasteiger partial charge in [-0.15, -0.1) is 13.2 Å². The number of carbonyl (C=O) groups is 2. The fraction of sp³-hybridized carbons (Fsp3) is 0.633. The predicted molar refractivity (Wildman–Crippen MR) is 259 cm³/mol. The first-order chi connectivity index (χ1) is 26.5. The van der Waals surface area contributed by atoms with Gasteiger partial charge in [-0.1, -0.05) is 143 Å². The summed E-state index contributed by atoms with van der Waals surface area (Å²) in [5.74, 6) is 2.71. The zero-order valence-electron chi connectivity index (χ0n) is 39.4. The number of hydrogen-bond acceptors (Lipinski definition) is 5. The Morgan fingerprint density at radius 1 is 0.927 bits per heavy atom. The van der Waals surface area contributed by atoms with E-state index in [1.165, 1.54) is 68.7 Å². The number of likely N-dealkylation sites (tertiary alicyclic amines) is 1. The maximum atomic E-state index is 8.81. The molecule has 0 aromatic heterocycles.